The van der Waals surface area contributed by atoms with E-state index in [1.165, 1.54) is 0 Å². The highest BCUT2D eigenvalue weighted by atomic mass is 16.5. The number of hydrogen-bond donors (Lipinski definition) is 2. The predicted molar refractivity (Wildman–Crippen MR) is 107 cm³/mol. The van der Waals surface area contributed by atoms with Crippen molar-refractivity contribution in [2.75, 3.05) is 14.2 Å². The van der Waals surface area contributed by atoms with Crippen LogP contribution >= 0.6 is 0 Å². The zero-order chi connectivity index (χ0) is 20.5. The monoisotopic (exact) mass is 385 g/mol. The Balaban J connectivity index is 1.97. The van der Waals surface area contributed by atoms with Crippen molar-refractivity contribution in [3.63, 3.8) is 0 Å². The number of aliphatic carboxylic acids is 1. The van der Waals surface area contributed by atoms with E-state index < -0.39 is 17.9 Å². The molecule has 0 radical (unpaired) electrons. The minimum Gasteiger partial charge on any atom is -0.497 e. The summed E-state index contributed by atoms with van der Waals surface area (Å²) in [4.78, 5) is 23.9. The predicted octanol–water partition coefficient (Wildman–Crippen LogP) is 3.60. The maximum Gasteiger partial charge on any atom is 0.308 e. The fourth-order valence-corrected chi connectivity index (χ4v) is 3.04. The number of methoxy groups -OCH3 is 2. The molecule has 2 atom stereocenters. The van der Waals surface area contributed by atoms with E-state index in [-0.39, 0.29) is 5.91 Å². The van der Waals surface area contributed by atoms with Crippen molar-refractivity contribution in [1.82, 2.24) is 5.32 Å². The summed E-state index contributed by atoms with van der Waals surface area (Å²) in [6, 6.07) is 14.2. The van der Waals surface area contributed by atoms with Gasteiger partial charge in [0.05, 0.1) is 26.2 Å². The summed E-state index contributed by atoms with van der Waals surface area (Å²) in [7, 11) is 3.20. The molecule has 0 saturated heterocycles. The fraction of sp³-hybridized carbons (Fsp3) is 0.364. The average Bonchev–Trinajstić information content (AvgIpc) is 2.72. The van der Waals surface area contributed by atoms with E-state index in [1.807, 2.05) is 48.5 Å². The first-order valence-electron chi connectivity index (χ1n) is 9.24. The summed E-state index contributed by atoms with van der Waals surface area (Å²) < 4.78 is 10.6. The van der Waals surface area contributed by atoms with Gasteiger partial charge in [0, 0.05) is 12.5 Å². The highest BCUT2D eigenvalue weighted by Crippen LogP contribution is 2.26. The van der Waals surface area contributed by atoms with Crippen LogP contribution in [0.3, 0.4) is 0 Å². The van der Waals surface area contributed by atoms with Gasteiger partial charge in [0.2, 0.25) is 5.91 Å². The topological polar surface area (TPSA) is 84.9 Å². The SMILES string of the molecule is COc1ccc(CCCC(=O)NC(c2ccccc2)C(C)C(=O)O)c(OC)c1. The summed E-state index contributed by atoms with van der Waals surface area (Å²) in [6.07, 6.45) is 1.59. The van der Waals surface area contributed by atoms with Gasteiger partial charge in [-0.05, 0) is 37.0 Å². The minimum atomic E-state index is -0.947. The molecule has 0 aromatic heterocycles. The van der Waals surface area contributed by atoms with Crippen molar-refractivity contribution in [3.05, 3.63) is 59.7 Å². The summed E-state index contributed by atoms with van der Waals surface area (Å²) >= 11 is 0. The number of hydrogen-bond acceptors (Lipinski definition) is 4. The molecule has 2 unspecified atom stereocenters. The molecule has 0 bridgehead atoms. The van der Waals surface area contributed by atoms with Crippen LogP contribution in [0.25, 0.3) is 0 Å². The third kappa shape index (κ3) is 5.74. The van der Waals surface area contributed by atoms with Crippen molar-refractivity contribution < 1.29 is 24.2 Å². The fourth-order valence-electron chi connectivity index (χ4n) is 3.04. The number of aryl methyl sites for hydroxylation is 1. The minimum absolute atomic E-state index is 0.172. The lowest BCUT2D eigenvalue weighted by molar-refractivity contribution is -0.142. The van der Waals surface area contributed by atoms with Crippen LogP contribution in [0, 0.1) is 5.92 Å². The maximum atomic E-state index is 12.4. The zero-order valence-electron chi connectivity index (χ0n) is 16.5. The molecule has 0 fully saturated rings. The average molecular weight is 385 g/mol. The van der Waals surface area contributed by atoms with E-state index in [2.05, 4.69) is 5.32 Å². The Labute approximate surface area is 165 Å². The molecule has 0 saturated carbocycles. The molecule has 1 amide bonds. The molecular formula is C22H27NO5. The molecule has 6 heteroatoms. The smallest absolute Gasteiger partial charge is 0.308 e. The van der Waals surface area contributed by atoms with Crippen LogP contribution < -0.4 is 14.8 Å². The maximum absolute atomic E-state index is 12.4. The Morgan fingerprint density at radius 2 is 1.79 bits per heavy atom. The van der Waals surface area contributed by atoms with Crippen LogP contribution in [0.15, 0.2) is 48.5 Å². The lowest BCUT2D eigenvalue weighted by Gasteiger charge is -2.23. The van der Waals surface area contributed by atoms with Crippen molar-refractivity contribution in [2.24, 2.45) is 5.92 Å². The quantitative estimate of drug-likeness (QED) is 0.653. The molecule has 2 rings (SSSR count). The van der Waals surface area contributed by atoms with Gasteiger partial charge in [0.25, 0.3) is 0 Å². The van der Waals surface area contributed by atoms with Gasteiger partial charge < -0.3 is 19.9 Å². The highest BCUT2D eigenvalue weighted by Gasteiger charge is 2.26. The van der Waals surface area contributed by atoms with Gasteiger partial charge in [0.1, 0.15) is 11.5 Å². The molecule has 28 heavy (non-hydrogen) atoms. The molecular weight excluding hydrogens is 358 g/mol. The van der Waals surface area contributed by atoms with E-state index in [0.29, 0.717) is 25.0 Å². The number of benzene rings is 2. The molecule has 0 aliphatic carbocycles. The van der Waals surface area contributed by atoms with Crippen LogP contribution in [0.2, 0.25) is 0 Å². The number of carboxylic acids is 1. The van der Waals surface area contributed by atoms with Crippen LogP contribution in [-0.2, 0) is 16.0 Å². The molecule has 0 spiro atoms. The molecule has 2 aromatic carbocycles. The van der Waals surface area contributed by atoms with Gasteiger partial charge in [-0.15, -0.1) is 0 Å². The normalized spacial score (nSPS) is 12.7. The van der Waals surface area contributed by atoms with E-state index in [1.54, 1.807) is 21.1 Å². The summed E-state index contributed by atoms with van der Waals surface area (Å²) in [6.45, 7) is 1.60. The number of carbonyl (C=O) groups excluding carboxylic acids is 1. The summed E-state index contributed by atoms with van der Waals surface area (Å²) in [5, 5.41) is 12.3. The second kappa shape index (κ2) is 10.3. The van der Waals surface area contributed by atoms with Gasteiger partial charge in [-0.1, -0.05) is 36.4 Å². The van der Waals surface area contributed by atoms with Gasteiger partial charge in [-0.3, -0.25) is 9.59 Å². The Morgan fingerprint density at radius 3 is 2.39 bits per heavy atom. The summed E-state index contributed by atoms with van der Waals surface area (Å²) in [5.74, 6) is -0.410. The molecule has 0 heterocycles. The zero-order valence-corrected chi connectivity index (χ0v) is 16.5. The summed E-state index contributed by atoms with van der Waals surface area (Å²) in [5.41, 5.74) is 1.78. The van der Waals surface area contributed by atoms with Gasteiger partial charge in [-0.2, -0.15) is 0 Å². The lowest BCUT2D eigenvalue weighted by atomic mass is 9.94. The third-order valence-corrected chi connectivity index (χ3v) is 4.71. The Morgan fingerprint density at radius 1 is 1.07 bits per heavy atom. The largest absolute Gasteiger partial charge is 0.497 e. The standard InChI is InChI=1S/C22H27NO5/c1-15(22(25)26)21(17-8-5-4-6-9-17)23-20(24)11-7-10-16-12-13-18(27-2)14-19(16)28-3/h4-6,8-9,12-15,21H,7,10-11H2,1-3H3,(H,23,24)(H,25,26). The number of rotatable bonds is 10. The van der Waals surface area contributed by atoms with E-state index in [0.717, 1.165) is 16.9 Å². The first-order valence-corrected chi connectivity index (χ1v) is 9.24. The molecule has 150 valence electrons. The molecule has 2 aromatic rings. The Bertz CT molecular complexity index is 791. The Hall–Kier alpha value is -3.02. The molecule has 0 aliphatic rings. The lowest BCUT2D eigenvalue weighted by Crippen LogP contribution is -2.35. The van der Waals surface area contributed by atoms with Crippen molar-refractivity contribution in [3.8, 4) is 11.5 Å². The van der Waals surface area contributed by atoms with Gasteiger partial charge in [0.15, 0.2) is 0 Å². The van der Waals surface area contributed by atoms with Crippen molar-refractivity contribution in [1.29, 1.82) is 0 Å². The van der Waals surface area contributed by atoms with E-state index in [4.69, 9.17) is 9.47 Å². The van der Waals surface area contributed by atoms with Gasteiger partial charge >= 0.3 is 5.97 Å². The number of nitrogens with one attached hydrogen (secondary N) is 1. The number of carbonyl (C=O) groups is 2. The molecule has 0 aliphatic heterocycles. The first kappa shape index (κ1) is 21.3. The van der Waals surface area contributed by atoms with Crippen molar-refractivity contribution in [2.45, 2.75) is 32.2 Å². The number of amides is 1. The highest BCUT2D eigenvalue weighted by molar-refractivity contribution is 5.78. The van der Waals surface area contributed by atoms with Crippen LogP contribution in [0.5, 0.6) is 11.5 Å². The Kier molecular flexibility index (Phi) is 7.87. The molecule has 6 nitrogen and oxygen atoms in total. The van der Waals surface area contributed by atoms with Crippen LogP contribution in [-0.4, -0.2) is 31.2 Å². The number of carboxylic acid groups (broad SMARTS) is 1. The molecule has 2 N–H and O–H groups in total. The third-order valence-electron chi connectivity index (χ3n) is 4.71. The van der Waals surface area contributed by atoms with Crippen molar-refractivity contribution >= 4 is 11.9 Å². The van der Waals surface area contributed by atoms with Gasteiger partial charge in [-0.25, -0.2) is 0 Å². The second-order valence-corrected chi connectivity index (χ2v) is 6.61. The first-order chi connectivity index (χ1) is 13.5. The van der Waals surface area contributed by atoms with Crippen LogP contribution in [0.1, 0.15) is 36.9 Å². The number of ether oxygens (including phenoxy) is 2. The second-order valence-electron chi connectivity index (χ2n) is 6.61. The van der Waals surface area contributed by atoms with Crippen LogP contribution in [0.4, 0.5) is 0 Å². The van der Waals surface area contributed by atoms with E-state index >= 15 is 0 Å². The van der Waals surface area contributed by atoms with E-state index in [9.17, 15) is 14.7 Å².